The molecule has 0 aromatic rings. The van der Waals surface area contributed by atoms with Crippen LogP contribution in [-0.4, -0.2) is 33.5 Å². The van der Waals surface area contributed by atoms with E-state index in [0.717, 1.165) is 6.42 Å². The fourth-order valence-corrected chi connectivity index (χ4v) is 4.34. The lowest BCUT2D eigenvalue weighted by atomic mass is 9.98. The molecule has 2 aliphatic rings. The van der Waals surface area contributed by atoms with Crippen molar-refractivity contribution in [3.8, 4) is 0 Å². The summed E-state index contributed by atoms with van der Waals surface area (Å²) in [4.78, 5) is 0. The summed E-state index contributed by atoms with van der Waals surface area (Å²) in [6, 6.07) is 0.0303. The van der Waals surface area contributed by atoms with Crippen LogP contribution < -0.4 is 5.73 Å². The van der Waals surface area contributed by atoms with Crippen molar-refractivity contribution in [1.82, 2.24) is 0 Å². The lowest BCUT2D eigenvalue weighted by Gasteiger charge is -2.23. The van der Waals surface area contributed by atoms with E-state index >= 15 is 0 Å². The normalized spacial score (nSPS) is 32.0. The van der Waals surface area contributed by atoms with E-state index in [1.54, 1.807) is 0 Å². The summed E-state index contributed by atoms with van der Waals surface area (Å²) in [5, 5.41) is 0. The van der Waals surface area contributed by atoms with Crippen molar-refractivity contribution in [2.75, 3.05) is 11.5 Å². The third-order valence-corrected chi connectivity index (χ3v) is 5.32. The van der Waals surface area contributed by atoms with Gasteiger partial charge in [0.15, 0.2) is 0 Å². The van der Waals surface area contributed by atoms with E-state index in [0.29, 0.717) is 11.5 Å². The predicted molar refractivity (Wildman–Crippen MR) is 66.8 cm³/mol. The van der Waals surface area contributed by atoms with Crippen LogP contribution in [0.4, 0.5) is 0 Å². The second-order valence-electron chi connectivity index (χ2n) is 5.42. The molecule has 2 fully saturated rings. The second-order valence-corrected chi connectivity index (χ2v) is 6.97. The Morgan fingerprint density at radius 3 is 2.75 bits per heavy atom. The van der Waals surface area contributed by atoms with Gasteiger partial charge in [-0.1, -0.05) is 12.8 Å². The van der Waals surface area contributed by atoms with Gasteiger partial charge in [-0.2, -0.15) is 0 Å². The molecule has 0 amide bonds. The van der Waals surface area contributed by atoms with Crippen molar-refractivity contribution < 1.29 is 8.95 Å². The zero-order valence-electron chi connectivity index (χ0n) is 10.1. The Bertz CT molecular complexity index is 262. The standard InChI is InChI=1S/C12H23NO2S/c1-10(13)8-16(14)9-11-4-7-12(15-11)5-2-3-6-12/h10-11H,2-9,13H2,1H3. The van der Waals surface area contributed by atoms with E-state index in [4.69, 9.17) is 10.5 Å². The van der Waals surface area contributed by atoms with E-state index in [2.05, 4.69) is 0 Å². The molecule has 1 spiro atoms. The first-order valence-corrected chi connectivity index (χ1v) is 7.87. The summed E-state index contributed by atoms with van der Waals surface area (Å²) in [6.07, 6.45) is 7.51. The molecule has 4 heteroatoms. The van der Waals surface area contributed by atoms with E-state index < -0.39 is 10.8 Å². The molecule has 3 atom stereocenters. The Hall–Kier alpha value is 0.0700. The minimum absolute atomic E-state index is 0.0303. The summed E-state index contributed by atoms with van der Waals surface area (Å²) in [5.74, 6) is 1.29. The molecular weight excluding hydrogens is 222 g/mol. The first-order valence-electron chi connectivity index (χ1n) is 6.38. The van der Waals surface area contributed by atoms with Crippen molar-refractivity contribution >= 4 is 10.8 Å². The van der Waals surface area contributed by atoms with Crippen LogP contribution in [0.5, 0.6) is 0 Å². The number of ether oxygens (including phenoxy) is 1. The highest BCUT2D eigenvalue weighted by Crippen LogP contribution is 2.43. The van der Waals surface area contributed by atoms with Crippen LogP contribution >= 0.6 is 0 Å². The van der Waals surface area contributed by atoms with Crippen molar-refractivity contribution in [2.24, 2.45) is 5.73 Å². The van der Waals surface area contributed by atoms with Gasteiger partial charge in [0, 0.05) is 28.3 Å². The molecule has 0 bridgehead atoms. The number of hydrogen-bond acceptors (Lipinski definition) is 3. The zero-order chi connectivity index (χ0) is 11.6. The van der Waals surface area contributed by atoms with Crippen LogP contribution in [0.15, 0.2) is 0 Å². The maximum Gasteiger partial charge on any atom is 0.0698 e. The molecule has 2 rings (SSSR count). The molecule has 0 radical (unpaired) electrons. The molecular formula is C12H23NO2S. The van der Waals surface area contributed by atoms with Gasteiger partial charge >= 0.3 is 0 Å². The molecule has 0 aromatic heterocycles. The molecule has 1 aliphatic heterocycles. The maximum atomic E-state index is 11.8. The van der Waals surface area contributed by atoms with Crippen LogP contribution in [0.25, 0.3) is 0 Å². The third-order valence-electron chi connectivity index (χ3n) is 3.67. The van der Waals surface area contributed by atoms with E-state index in [1.165, 1.54) is 32.1 Å². The molecule has 2 N–H and O–H groups in total. The quantitative estimate of drug-likeness (QED) is 0.818. The summed E-state index contributed by atoms with van der Waals surface area (Å²) >= 11 is 0. The fourth-order valence-electron chi connectivity index (χ4n) is 2.97. The second kappa shape index (κ2) is 5.15. The Kier molecular flexibility index (Phi) is 4.03. The summed E-state index contributed by atoms with van der Waals surface area (Å²) in [6.45, 7) is 1.91. The first-order chi connectivity index (χ1) is 7.60. The van der Waals surface area contributed by atoms with Gasteiger partial charge in [-0.25, -0.2) is 0 Å². The highest BCUT2D eigenvalue weighted by Gasteiger charge is 2.42. The number of rotatable bonds is 4. The Morgan fingerprint density at radius 2 is 2.12 bits per heavy atom. The van der Waals surface area contributed by atoms with Gasteiger partial charge in [0.2, 0.25) is 0 Å². The molecule has 1 aliphatic carbocycles. The topological polar surface area (TPSA) is 52.3 Å². The molecule has 3 nitrogen and oxygen atoms in total. The zero-order valence-corrected chi connectivity index (χ0v) is 10.9. The highest BCUT2D eigenvalue weighted by molar-refractivity contribution is 7.85. The van der Waals surface area contributed by atoms with Crippen molar-refractivity contribution in [2.45, 2.75) is 63.2 Å². The molecule has 1 saturated heterocycles. The number of nitrogens with two attached hydrogens (primary N) is 1. The highest BCUT2D eigenvalue weighted by atomic mass is 32.2. The third kappa shape index (κ3) is 3.05. The summed E-state index contributed by atoms with van der Waals surface area (Å²) < 4.78 is 17.9. The predicted octanol–water partition coefficient (Wildman–Crippen LogP) is 1.57. The van der Waals surface area contributed by atoms with Crippen LogP contribution in [0.2, 0.25) is 0 Å². The largest absolute Gasteiger partial charge is 0.371 e. The molecule has 94 valence electrons. The molecule has 0 aromatic carbocycles. The van der Waals surface area contributed by atoms with Gasteiger partial charge in [0.25, 0.3) is 0 Å². The average molecular weight is 245 g/mol. The Balaban J connectivity index is 1.78. The van der Waals surface area contributed by atoms with E-state index in [1.807, 2.05) is 6.92 Å². The Labute approximate surface area is 101 Å². The van der Waals surface area contributed by atoms with Gasteiger partial charge in [-0.05, 0) is 32.6 Å². The summed E-state index contributed by atoms with van der Waals surface area (Å²) in [5.41, 5.74) is 5.82. The van der Waals surface area contributed by atoms with E-state index in [-0.39, 0.29) is 17.7 Å². The monoisotopic (exact) mass is 245 g/mol. The van der Waals surface area contributed by atoms with Crippen LogP contribution in [0.3, 0.4) is 0 Å². The van der Waals surface area contributed by atoms with E-state index in [9.17, 15) is 4.21 Å². The molecule has 1 saturated carbocycles. The van der Waals surface area contributed by atoms with Crippen LogP contribution in [-0.2, 0) is 15.5 Å². The van der Waals surface area contributed by atoms with Gasteiger partial charge < -0.3 is 10.5 Å². The maximum absolute atomic E-state index is 11.8. The smallest absolute Gasteiger partial charge is 0.0698 e. The lowest BCUT2D eigenvalue weighted by molar-refractivity contribution is -0.0270. The minimum Gasteiger partial charge on any atom is -0.371 e. The van der Waals surface area contributed by atoms with Crippen molar-refractivity contribution in [3.05, 3.63) is 0 Å². The van der Waals surface area contributed by atoms with Gasteiger partial charge in [-0.3, -0.25) is 4.21 Å². The summed E-state index contributed by atoms with van der Waals surface area (Å²) in [7, 11) is -0.807. The minimum atomic E-state index is -0.807. The molecule has 16 heavy (non-hydrogen) atoms. The van der Waals surface area contributed by atoms with Crippen LogP contribution in [0.1, 0.15) is 45.4 Å². The number of hydrogen-bond donors (Lipinski definition) is 1. The van der Waals surface area contributed by atoms with Gasteiger partial charge in [-0.15, -0.1) is 0 Å². The molecule has 1 heterocycles. The van der Waals surface area contributed by atoms with Gasteiger partial charge in [0.1, 0.15) is 0 Å². The van der Waals surface area contributed by atoms with Crippen LogP contribution in [0, 0.1) is 0 Å². The Morgan fingerprint density at radius 1 is 1.44 bits per heavy atom. The fraction of sp³-hybridized carbons (Fsp3) is 1.00. The van der Waals surface area contributed by atoms with Gasteiger partial charge in [0.05, 0.1) is 11.7 Å². The van der Waals surface area contributed by atoms with Crippen molar-refractivity contribution in [1.29, 1.82) is 0 Å². The SMILES string of the molecule is CC(N)CS(=O)CC1CCC2(CCCC2)O1. The molecule has 3 unspecified atom stereocenters. The average Bonchev–Trinajstić information content (AvgIpc) is 2.76. The lowest BCUT2D eigenvalue weighted by Crippen LogP contribution is -2.30. The van der Waals surface area contributed by atoms with Crippen molar-refractivity contribution in [3.63, 3.8) is 0 Å². The first kappa shape index (κ1) is 12.5.